The highest BCUT2D eigenvalue weighted by Gasteiger charge is 2.24. The van der Waals surface area contributed by atoms with Gasteiger partial charge in [0.1, 0.15) is 6.10 Å². The first kappa shape index (κ1) is 46.6. The highest BCUT2D eigenvalue weighted by atomic mass is 16.5. The lowest BCUT2D eigenvalue weighted by Gasteiger charge is -2.24. The van der Waals surface area contributed by atoms with Gasteiger partial charge in [0.2, 0.25) is 5.91 Å². The Labute approximate surface area is 298 Å². The van der Waals surface area contributed by atoms with Crippen LogP contribution >= 0.6 is 0 Å². The predicted octanol–water partition coefficient (Wildman–Crippen LogP) is 11.4. The molecule has 0 aromatic heterocycles. The zero-order chi connectivity index (χ0) is 35.3. The quantitative estimate of drug-likeness (QED) is 0.0345. The van der Waals surface area contributed by atoms with E-state index in [4.69, 9.17) is 4.74 Å². The van der Waals surface area contributed by atoms with Crippen LogP contribution in [0.3, 0.4) is 0 Å². The third-order valence-electron chi connectivity index (χ3n) is 9.58. The van der Waals surface area contributed by atoms with Gasteiger partial charge in [0, 0.05) is 6.42 Å². The van der Waals surface area contributed by atoms with E-state index in [0.29, 0.717) is 19.3 Å². The van der Waals surface area contributed by atoms with Gasteiger partial charge in [-0.25, -0.2) is 0 Å². The van der Waals surface area contributed by atoms with Gasteiger partial charge in [-0.15, -0.1) is 0 Å². The van der Waals surface area contributed by atoms with E-state index in [1.54, 1.807) is 0 Å². The summed E-state index contributed by atoms with van der Waals surface area (Å²) in [4.78, 5) is 25.8. The number of ether oxygens (including phenoxy) is 1. The van der Waals surface area contributed by atoms with Gasteiger partial charge in [-0.1, -0.05) is 174 Å². The maximum absolute atomic E-state index is 13.0. The number of amides is 1. The highest BCUT2D eigenvalue weighted by Crippen LogP contribution is 2.17. The Balaban J connectivity index is 4.53. The summed E-state index contributed by atoms with van der Waals surface area (Å²) < 4.78 is 5.85. The zero-order valence-corrected chi connectivity index (χ0v) is 32.1. The monoisotopic (exact) mass is 680 g/mol. The van der Waals surface area contributed by atoms with Gasteiger partial charge >= 0.3 is 5.97 Å². The second-order valence-corrected chi connectivity index (χ2v) is 14.4. The first-order valence-electron chi connectivity index (χ1n) is 20.9. The maximum Gasteiger partial charge on any atom is 0.306 e. The number of aliphatic hydroxyl groups is 2. The topological polar surface area (TPSA) is 95.9 Å². The third kappa shape index (κ3) is 31.8. The number of hydrogen-bond donors (Lipinski definition) is 3. The highest BCUT2D eigenvalue weighted by molar-refractivity contribution is 5.77. The van der Waals surface area contributed by atoms with Gasteiger partial charge in [-0.3, -0.25) is 9.59 Å². The van der Waals surface area contributed by atoms with Gasteiger partial charge in [-0.05, 0) is 44.9 Å². The number of nitrogens with one attached hydrogen (secondary N) is 1. The molecule has 6 heteroatoms. The molecule has 0 aliphatic carbocycles. The zero-order valence-electron chi connectivity index (χ0n) is 32.1. The predicted molar refractivity (Wildman–Crippen MR) is 204 cm³/mol. The first-order valence-corrected chi connectivity index (χ1v) is 20.9. The minimum Gasteiger partial charge on any atom is -0.462 e. The van der Waals surface area contributed by atoms with Crippen molar-refractivity contribution in [1.82, 2.24) is 5.32 Å². The number of aliphatic hydroxyl groups excluding tert-OH is 2. The number of hydrogen-bond acceptors (Lipinski definition) is 5. The second-order valence-electron chi connectivity index (χ2n) is 14.4. The Bertz CT molecular complexity index is 727. The van der Waals surface area contributed by atoms with E-state index in [1.165, 1.54) is 96.3 Å². The lowest BCUT2D eigenvalue weighted by molar-refractivity contribution is -0.151. The van der Waals surface area contributed by atoms with E-state index in [0.717, 1.165) is 77.0 Å². The molecule has 0 radical (unpaired) electrons. The van der Waals surface area contributed by atoms with Gasteiger partial charge in [0.15, 0.2) is 0 Å². The molecule has 0 bridgehead atoms. The molecule has 0 aromatic rings. The average molecular weight is 680 g/mol. The number of rotatable bonds is 37. The smallest absolute Gasteiger partial charge is 0.306 e. The molecule has 6 nitrogen and oxygen atoms in total. The molecule has 48 heavy (non-hydrogen) atoms. The van der Waals surface area contributed by atoms with Crippen molar-refractivity contribution in [1.29, 1.82) is 0 Å². The van der Waals surface area contributed by atoms with Crippen molar-refractivity contribution in [3.63, 3.8) is 0 Å². The van der Waals surface area contributed by atoms with Gasteiger partial charge in [0.25, 0.3) is 0 Å². The van der Waals surface area contributed by atoms with Crippen LogP contribution in [0, 0.1) is 0 Å². The molecule has 0 spiro atoms. The van der Waals surface area contributed by atoms with Crippen molar-refractivity contribution in [2.45, 2.75) is 238 Å². The minimum absolute atomic E-state index is 0.0713. The van der Waals surface area contributed by atoms with Gasteiger partial charge < -0.3 is 20.3 Å². The summed E-state index contributed by atoms with van der Waals surface area (Å²) in [5.74, 6) is -0.489. The summed E-state index contributed by atoms with van der Waals surface area (Å²) in [5, 5.41) is 23.5. The molecule has 0 saturated heterocycles. The molecule has 0 saturated carbocycles. The molecule has 3 N–H and O–H groups in total. The lowest BCUT2D eigenvalue weighted by atomic mass is 10.0. The Hall–Kier alpha value is -1.40. The van der Waals surface area contributed by atoms with Crippen LogP contribution in [0.25, 0.3) is 0 Å². The van der Waals surface area contributed by atoms with E-state index in [2.05, 4.69) is 38.2 Å². The molecule has 1 amide bonds. The number of allylic oxidation sites excluding steroid dienone is 2. The molecule has 3 unspecified atom stereocenters. The van der Waals surface area contributed by atoms with Crippen LogP contribution in [-0.4, -0.2) is 46.9 Å². The fourth-order valence-corrected chi connectivity index (χ4v) is 6.37. The standard InChI is InChI=1S/C42H81NO5/c1-4-7-10-13-16-19-21-23-26-29-32-35-42(47)48-38(33-30-27-24-18-15-12-9-6-3)36-41(46)43-39(37-44)40(45)34-31-28-25-22-20-17-14-11-8-5-2/h12,15,38-40,44-45H,4-11,13-14,16-37H2,1-3H3,(H,43,46)/b15-12-. The fourth-order valence-electron chi connectivity index (χ4n) is 6.37. The van der Waals surface area contributed by atoms with Crippen LogP contribution in [0.15, 0.2) is 12.2 Å². The molecule has 3 atom stereocenters. The van der Waals surface area contributed by atoms with Crippen LogP contribution in [0.2, 0.25) is 0 Å². The third-order valence-corrected chi connectivity index (χ3v) is 9.58. The Morgan fingerprint density at radius 3 is 1.56 bits per heavy atom. The largest absolute Gasteiger partial charge is 0.462 e. The van der Waals surface area contributed by atoms with Crippen LogP contribution < -0.4 is 5.32 Å². The van der Waals surface area contributed by atoms with Gasteiger partial charge in [0.05, 0.1) is 25.2 Å². The molecule has 284 valence electrons. The fraction of sp³-hybridized carbons (Fsp3) is 0.905. The molecule has 0 aliphatic heterocycles. The van der Waals surface area contributed by atoms with Crippen molar-refractivity contribution in [2.75, 3.05) is 6.61 Å². The number of carbonyl (C=O) groups excluding carboxylic acids is 2. The van der Waals surface area contributed by atoms with Crippen molar-refractivity contribution < 1.29 is 24.5 Å². The Kier molecular flexibility index (Phi) is 35.8. The summed E-state index contributed by atoms with van der Waals surface area (Å²) in [7, 11) is 0. The lowest BCUT2D eigenvalue weighted by Crippen LogP contribution is -2.46. The van der Waals surface area contributed by atoms with Crippen LogP contribution in [0.4, 0.5) is 0 Å². The molecule has 0 aliphatic rings. The average Bonchev–Trinajstić information content (AvgIpc) is 3.07. The second kappa shape index (κ2) is 36.9. The Morgan fingerprint density at radius 1 is 0.583 bits per heavy atom. The maximum atomic E-state index is 13.0. The van der Waals surface area contributed by atoms with Crippen molar-refractivity contribution >= 4 is 11.9 Å². The summed E-state index contributed by atoms with van der Waals surface area (Å²) in [6.07, 6.45) is 37.1. The molecule has 0 rings (SSSR count). The van der Waals surface area contributed by atoms with E-state index in [-0.39, 0.29) is 24.9 Å². The van der Waals surface area contributed by atoms with E-state index < -0.39 is 18.2 Å². The summed E-state index contributed by atoms with van der Waals surface area (Å²) >= 11 is 0. The summed E-state index contributed by atoms with van der Waals surface area (Å²) in [5.41, 5.74) is 0. The number of esters is 1. The molecular weight excluding hydrogens is 598 g/mol. The van der Waals surface area contributed by atoms with Crippen LogP contribution in [-0.2, 0) is 14.3 Å². The van der Waals surface area contributed by atoms with Crippen LogP contribution in [0.1, 0.15) is 220 Å². The summed E-state index contributed by atoms with van der Waals surface area (Å²) in [6.45, 7) is 6.37. The summed E-state index contributed by atoms with van der Waals surface area (Å²) in [6, 6.07) is -0.696. The molecular formula is C42H81NO5. The molecule has 0 fully saturated rings. The Morgan fingerprint density at radius 2 is 1.04 bits per heavy atom. The van der Waals surface area contributed by atoms with Gasteiger partial charge in [-0.2, -0.15) is 0 Å². The number of carbonyl (C=O) groups is 2. The minimum atomic E-state index is -0.782. The van der Waals surface area contributed by atoms with Crippen molar-refractivity contribution in [3.05, 3.63) is 12.2 Å². The van der Waals surface area contributed by atoms with E-state index >= 15 is 0 Å². The van der Waals surface area contributed by atoms with Crippen molar-refractivity contribution in [2.24, 2.45) is 0 Å². The molecule has 0 aromatic carbocycles. The first-order chi connectivity index (χ1) is 23.5. The van der Waals surface area contributed by atoms with Crippen molar-refractivity contribution in [3.8, 4) is 0 Å². The van der Waals surface area contributed by atoms with Crippen LogP contribution in [0.5, 0.6) is 0 Å². The van der Waals surface area contributed by atoms with E-state index in [1.807, 2.05) is 0 Å². The SMILES string of the molecule is CCC/C=C\CCCCCC(CC(=O)NC(CO)C(O)CCCCCCCCCCCC)OC(=O)CCCCCCCCCCCCC. The normalized spacial score (nSPS) is 13.5. The number of unbranched alkanes of at least 4 members (excludes halogenated alkanes) is 23. The molecule has 0 heterocycles. The van der Waals surface area contributed by atoms with E-state index in [9.17, 15) is 19.8 Å².